The molecule has 7 heteroatoms. The van der Waals surface area contributed by atoms with Crippen molar-refractivity contribution in [2.75, 3.05) is 18.1 Å². The van der Waals surface area contributed by atoms with E-state index in [4.69, 9.17) is 4.42 Å². The van der Waals surface area contributed by atoms with E-state index in [1.165, 1.54) is 5.56 Å². The van der Waals surface area contributed by atoms with Crippen molar-refractivity contribution in [1.82, 2.24) is 9.88 Å². The number of sulfone groups is 1. The number of hydrogen-bond acceptors (Lipinski definition) is 5. The van der Waals surface area contributed by atoms with Gasteiger partial charge in [-0.05, 0) is 18.4 Å². The van der Waals surface area contributed by atoms with Gasteiger partial charge >= 0.3 is 0 Å². The van der Waals surface area contributed by atoms with Gasteiger partial charge < -0.3 is 9.32 Å². The summed E-state index contributed by atoms with van der Waals surface area (Å²) in [5.41, 5.74) is 2.05. The van der Waals surface area contributed by atoms with E-state index in [1.54, 1.807) is 4.90 Å². The van der Waals surface area contributed by atoms with Crippen molar-refractivity contribution in [3.05, 3.63) is 53.2 Å². The number of oxazole rings is 1. The highest BCUT2D eigenvalue weighted by molar-refractivity contribution is 7.91. The first kappa shape index (κ1) is 17.3. The molecule has 1 fully saturated rings. The monoisotopic (exact) mass is 374 g/mol. The van der Waals surface area contributed by atoms with Gasteiger partial charge in [0.2, 0.25) is 5.91 Å². The van der Waals surface area contributed by atoms with Crippen LogP contribution in [0.5, 0.6) is 0 Å². The molecule has 138 valence electrons. The Bertz CT molecular complexity index is 905. The van der Waals surface area contributed by atoms with Gasteiger partial charge in [0.25, 0.3) is 0 Å². The molecule has 2 aromatic rings. The maximum Gasteiger partial charge on any atom is 0.227 e. The quantitative estimate of drug-likeness (QED) is 0.815. The lowest BCUT2D eigenvalue weighted by atomic mass is 10.1. The number of aryl methyl sites for hydroxylation is 2. The Hall–Kier alpha value is -2.15. The first-order chi connectivity index (χ1) is 12.5. The van der Waals surface area contributed by atoms with E-state index >= 15 is 0 Å². The largest absolute Gasteiger partial charge is 0.445 e. The second-order valence-electron chi connectivity index (χ2n) is 7.07. The first-order valence-corrected chi connectivity index (χ1v) is 10.8. The smallest absolute Gasteiger partial charge is 0.227 e. The average Bonchev–Trinajstić information content (AvgIpc) is 3.22. The highest BCUT2D eigenvalue weighted by atomic mass is 32.2. The lowest BCUT2D eigenvalue weighted by molar-refractivity contribution is -0.135. The first-order valence-electron chi connectivity index (χ1n) is 9.01. The van der Waals surface area contributed by atoms with Crippen LogP contribution < -0.4 is 0 Å². The van der Waals surface area contributed by atoms with Crippen LogP contribution in [-0.4, -0.2) is 42.3 Å². The minimum Gasteiger partial charge on any atom is -0.445 e. The summed E-state index contributed by atoms with van der Waals surface area (Å²) < 4.78 is 29.1. The Balaban J connectivity index is 1.39. The molecule has 3 heterocycles. The molecule has 1 aromatic carbocycles. The second kappa shape index (κ2) is 6.87. The van der Waals surface area contributed by atoms with E-state index in [2.05, 4.69) is 17.1 Å². The fourth-order valence-corrected chi connectivity index (χ4v) is 5.42. The van der Waals surface area contributed by atoms with Crippen molar-refractivity contribution in [3.63, 3.8) is 0 Å². The minimum atomic E-state index is -3.05. The summed E-state index contributed by atoms with van der Waals surface area (Å²) in [5.74, 6) is 1.20. The molecule has 0 N–H and O–H groups in total. The van der Waals surface area contributed by atoms with Crippen LogP contribution in [-0.2, 0) is 40.4 Å². The maximum atomic E-state index is 12.6. The lowest BCUT2D eigenvalue weighted by Crippen LogP contribution is -2.40. The number of benzene rings is 1. The van der Waals surface area contributed by atoms with Crippen molar-refractivity contribution in [2.45, 2.75) is 32.2 Å². The number of aromatic nitrogens is 1. The van der Waals surface area contributed by atoms with Crippen molar-refractivity contribution in [1.29, 1.82) is 0 Å². The molecule has 1 amide bonds. The number of fused-ring (bicyclic) bond motifs is 1. The van der Waals surface area contributed by atoms with Gasteiger partial charge in [0.1, 0.15) is 11.5 Å². The molecule has 2 aliphatic heterocycles. The second-order valence-corrected chi connectivity index (χ2v) is 9.30. The van der Waals surface area contributed by atoms with Crippen molar-refractivity contribution < 1.29 is 17.6 Å². The SMILES string of the molecule is O=C(C1CCS(=O)(=O)C1)N1CCc2oc(CCc3ccccc3)nc2C1. The molecule has 1 aromatic heterocycles. The standard InChI is InChI=1S/C19H22N2O4S/c22-19(15-9-11-26(23,24)13-15)21-10-8-17-16(12-21)20-18(25-17)7-6-14-4-2-1-3-5-14/h1-5,15H,6-13H2. The molecular weight excluding hydrogens is 352 g/mol. The van der Waals surface area contributed by atoms with E-state index in [9.17, 15) is 13.2 Å². The Morgan fingerprint density at radius 3 is 2.77 bits per heavy atom. The zero-order valence-corrected chi connectivity index (χ0v) is 15.4. The van der Waals surface area contributed by atoms with Gasteiger partial charge in [-0.15, -0.1) is 0 Å². The van der Waals surface area contributed by atoms with E-state index in [0.717, 1.165) is 24.3 Å². The molecule has 0 aliphatic carbocycles. The topological polar surface area (TPSA) is 80.5 Å². The van der Waals surface area contributed by atoms with Gasteiger partial charge in [-0.1, -0.05) is 30.3 Å². The van der Waals surface area contributed by atoms with Crippen LogP contribution in [0.15, 0.2) is 34.7 Å². The summed E-state index contributed by atoms with van der Waals surface area (Å²) in [7, 11) is -3.05. The number of hydrogen-bond donors (Lipinski definition) is 0. The van der Waals surface area contributed by atoms with E-state index in [-0.39, 0.29) is 17.4 Å². The van der Waals surface area contributed by atoms with Crippen LogP contribution >= 0.6 is 0 Å². The van der Waals surface area contributed by atoms with Gasteiger partial charge in [-0.2, -0.15) is 0 Å². The number of carbonyl (C=O) groups is 1. The highest BCUT2D eigenvalue weighted by Crippen LogP contribution is 2.25. The molecular formula is C19H22N2O4S. The summed E-state index contributed by atoms with van der Waals surface area (Å²) in [5, 5.41) is 0. The zero-order valence-electron chi connectivity index (χ0n) is 14.6. The number of rotatable bonds is 4. The van der Waals surface area contributed by atoms with Crippen LogP contribution in [0.2, 0.25) is 0 Å². The van der Waals surface area contributed by atoms with E-state index in [0.29, 0.717) is 31.8 Å². The predicted octanol–water partition coefficient (Wildman–Crippen LogP) is 1.78. The maximum absolute atomic E-state index is 12.6. The van der Waals surface area contributed by atoms with Crippen LogP contribution in [0.4, 0.5) is 0 Å². The van der Waals surface area contributed by atoms with Crippen LogP contribution in [0.25, 0.3) is 0 Å². The summed E-state index contributed by atoms with van der Waals surface area (Å²) >= 11 is 0. The fourth-order valence-electron chi connectivity index (χ4n) is 3.69. The molecule has 0 saturated carbocycles. The zero-order chi connectivity index (χ0) is 18.1. The minimum absolute atomic E-state index is 0.0175. The summed E-state index contributed by atoms with van der Waals surface area (Å²) in [6.07, 6.45) is 2.67. The Morgan fingerprint density at radius 2 is 2.04 bits per heavy atom. The van der Waals surface area contributed by atoms with Crippen molar-refractivity contribution >= 4 is 15.7 Å². The summed E-state index contributed by atoms with van der Waals surface area (Å²) in [6, 6.07) is 10.2. The molecule has 0 spiro atoms. The average molecular weight is 374 g/mol. The Kier molecular flexibility index (Phi) is 4.56. The van der Waals surface area contributed by atoms with Crippen LogP contribution in [0.1, 0.15) is 29.3 Å². The molecule has 0 radical (unpaired) electrons. The van der Waals surface area contributed by atoms with Gasteiger partial charge in [0.05, 0.1) is 24.0 Å². The highest BCUT2D eigenvalue weighted by Gasteiger charge is 2.37. The molecule has 1 saturated heterocycles. The van der Waals surface area contributed by atoms with Gasteiger partial charge in [-0.3, -0.25) is 4.79 Å². The van der Waals surface area contributed by atoms with Gasteiger partial charge in [0.15, 0.2) is 15.7 Å². The number of amides is 1. The Morgan fingerprint density at radius 1 is 1.23 bits per heavy atom. The van der Waals surface area contributed by atoms with Crippen LogP contribution in [0, 0.1) is 5.92 Å². The van der Waals surface area contributed by atoms with Crippen molar-refractivity contribution in [2.24, 2.45) is 5.92 Å². The number of carbonyl (C=O) groups excluding carboxylic acids is 1. The molecule has 26 heavy (non-hydrogen) atoms. The molecule has 1 unspecified atom stereocenters. The third-order valence-electron chi connectivity index (χ3n) is 5.14. The molecule has 0 bridgehead atoms. The predicted molar refractivity (Wildman–Crippen MR) is 96.2 cm³/mol. The number of nitrogens with zero attached hydrogens (tertiary/aromatic N) is 2. The molecule has 6 nitrogen and oxygen atoms in total. The van der Waals surface area contributed by atoms with Crippen molar-refractivity contribution in [3.8, 4) is 0 Å². The Labute approximate surface area is 153 Å². The molecule has 2 aliphatic rings. The summed E-state index contributed by atoms with van der Waals surface area (Å²) in [6.45, 7) is 0.981. The van der Waals surface area contributed by atoms with Gasteiger partial charge in [-0.25, -0.2) is 13.4 Å². The van der Waals surface area contributed by atoms with E-state index in [1.807, 2.05) is 18.2 Å². The fraction of sp³-hybridized carbons (Fsp3) is 0.474. The van der Waals surface area contributed by atoms with Crippen LogP contribution in [0.3, 0.4) is 0 Å². The molecule has 1 atom stereocenters. The van der Waals surface area contributed by atoms with E-state index < -0.39 is 15.8 Å². The third kappa shape index (κ3) is 3.67. The molecule has 4 rings (SSSR count). The lowest BCUT2D eigenvalue weighted by Gasteiger charge is -2.27. The summed E-state index contributed by atoms with van der Waals surface area (Å²) in [4.78, 5) is 18.9. The van der Waals surface area contributed by atoms with Gasteiger partial charge in [0, 0.05) is 19.4 Å². The third-order valence-corrected chi connectivity index (χ3v) is 6.90. The normalized spacial score (nSPS) is 21.5.